The van der Waals surface area contributed by atoms with Gasteiger partial charge in [-0.2, -0.15) is 0 Å². The highest BCUT2D eigenvalue weighted by atomic mass is 16.6. The standard InChI is InChI=1S/C26H38N8O10/c1-14(35)22-26(42)29-12-20(36)31-19(25(41)32-18(5-2-3-9-27)24(40)30-13-21(37)38)6-4-10-28-17-8-7-15(34(43)44)11-16(17)23(39)33-22/h7-8,11,14,18-19,22,28,35H,2-6,9-10,12-13,27H2,1H3,(H,29,42)(H,30,40)(H,31,36)(H,32,41)(H,33,39)(H,37,38)/t14?,18-,19-,22-/m0/s1. The predicted molar refractivity (Wildman–Crippen MR) is 154 cm³/mol. The number of benzene rings is 1. The van der Waals surface area contributed by atoms with Gasteiger partial charge in [0.1, 0.15) is 24.7 Å². The van der Waals surface area contributed by atoms with Gasteiger partial charge in [-0.25, -0.2) is 0 Å². The van der Waals surface area contributed by atoms with Crippen molar-refractivity contribution in [1.82, 2.24) is 26.6 Å². The Bertz CT molecular complexity index is 1240. The van der Waals surface area contributed by atoms with Gasteiger partial charge in [-0.15, -0.1) is 0 Å². The lowest BCUT2D eigenvalue weighted by molar-refractivity contribution is -0.384. The zero-order valence-corrected chi connectivity index (χ0v) is 24.1. The number of hydrogen-bond acceptors (Lipinski definition) is 11. The summed E-state index contributed by atoms with van der Waals surface area (Å²) in [5.41, 5.74) is 5.12. The van der Waals surface area contributed by atoms with E-state index in [9.17, 15) is 44.0 Å². The number of rotatable bonds is 11. The Hall–Kier alpha value is -4.84. The number of aliphatic hydroxyl groups excluding tert-OH is 1. The van der Waals surface area contributed by atoms with Crippen molar-refractivity contribution in [2.24, 2.45) is 5.73 Å². The smallest absolute Gasteiger partial charge is 0.322 e. The summed E-state index contributed by atoms with van der Waals surface area (Å²) in [6.45, 7) is 0.391. The molecule has 0 aliphatic carbocycles. The van der Waals surface area contributed by atoms with Crippen LogP contribution in [0.3, 0.4) is 0 Å². The van der Waals surface area contributed by atoms with Crippen molar-refractivity contribution >= 4 is 46.9 Å². The number of nitro groups is 1. The van der Waals surface area contributed by atoms with Crippen molar-refractivity contribution in [2.45, 2.75) is 63.3 Å². The summed E-state index contributed by atoms with van der Waals surface area (Å²) in [7, 11) is 0. The third-order valence-electron chi connectivity index (χ3n) is 6.56. The zero-order valence-electron chi connectivity index (χ0n) is 24.1. The molecule has 4 atom stereocenters. The summed E-state index contributed by atoms with van der Waals surface area (Å²) in [5.74, 6) is -5.37. The van der Waals surface area contributed by atoms with Crippen molar-refractivity contribution in [3.63, 3.8) is 0 Å². The Kier molecular flexibility index (Phi) is 13.9. The van der Waals surface area contributed by atoms with Crippen LogP contribution in [-0.2, 0) is 24.0 Å². The highest BCUT2D eigenvalue weighted by Gasteiger charge is 2.30. The number of carboxylic acids is 1. The molecule has 1 aliphatic rings. The van der Waals surface area contributed by atoms with Gasteiger partial charge >= 0.3 is 5.97 Å². The summed E-state index contributed by atoms with van der Waals surface area (Å²) in [6, 6.07) is -0.372. The molecule has 0 aromatic heterocycles. The molecule has 1 aromatic rings. The normalized spacial score (nSPS) is 19.2. The number of unbranched alkanes of at least 4 members (excludes halogenated alkanes) is 1. The Morgan fingerprint density at radius 3 is 2.52 bits per heavy atom. The highest BCUT2D eigenvalue weighted by molar-refractivity contribution is 6.03. The van der Waals surface area contributed by atoms with Crippen LogP contribution >= 0.6 is 0 Å². The maximum atomic E-state index is 13.3. The molecule has 0 bridgehead atoms. The third kappa shape index (κ3) is 11.1. The van der Waals surface area contributed by atoms with E-state index in [1.165, 1.54) is 19.1 Å². The quantitative estimate of drug-likeness (QED) is 0.0715. The molecule has 0 saturated heterocycles. The largest absolute Gasteiger partial charge is 0.480 e. The van der Waals surface area contributed by atoms with Crippen molar-refractivity contribution in [1.29, 1.82) is 0 Å². The second kappa shape index (κ2) is 17.3. The van der Waals surface area contributed by atoms with Crippen LogP contribution in [0.15, 0.2) is 18.2 Å². The topological polar surface area (TPSA) is 284 Å². The summed E-state index contributed by atoms with van der Waals surface area (Å²) in [4.78, 5) is 85.9. The van der Waals surface area contributed by atoms with Gasteiger partial charge in [0.05, 0.1) is 23.1 Å². The van der Waals surface area contributed by atoms with Crippen LogP contribution in [0.2, 0.25) is 0 Å². The first-order valence-corrected chi connectivity index (χ1v) is 13.9. The second-order valence-electron chi connectivity index (χ2n) is 10.0. The fraction of sp³-hybridized carbons (Fsp3) is 0.538. The van der Waals surface area contributed by atoms with Gasteiger partial charge in [-0.05, 0) is 51.6 Å². The number of carboxylic acid groups (broad SMARTS) is 1. The summed E-state index contributed by atoms with van der Waals surface area (Å²) in [6.07, 6.45) is -0.0343. The molecule has 5 amide bonds. The highest BCUT2D eigenvalue weighted by Crippen LogP contribution is 2.23. The van der Waals surface area contributed by atoms with Gasteiger partial charge in [0.2, 0.25) is 23.6 Å². The van der Waals surface area contributed by atoms with E-state index in [2.05, 4.69) is 31.9 Å². The van der Waals surface area contributed by atoms with E-state index >= 15 is 0 Å². The number of nitro benzene ring substituents is 1. The molecule has 0 fully saturated rings. The van der Waals surface area contributed by atoms with Crippen molar-refractivity contribution in [3.8, 4) is 0 Å². The van der Waals surface area contributed by atoms with Gasteiger partial charge in [0, 0.05) is 24.4 Å². The Labute approximate surface area is 252 Å². The minimum absolute atomic E-state index is 0.0234. The monoisotopic (exact) mass is 622 g/mol. The minimum atomic E-state index is -1.54. The molecule has 44 heavy (non-hydrogen) atoms. The van der Waals surface area contributed by atoms with Crippen LogP contribution in [0, 0.1) is 10.1 Å². The Morgan fingerprint density at radius 1 is 1.16 bits per heavy atom. The lowest BCUT2D eigenvalue weighted by atomic mass is 10.1. The van der Waals surface area contributed by atoms with E-state index in [4.69, 9.17) is 10.8 Å². The zero-order chi connectivity index (χ0) is 32.8. The average molecular weight is 623 g/mol. The number of carbonyl (C=O) groups is 6. The molecule has 10 N–H and O–H groups in total. The fourth-order valence-electron chi connectivity index (χ4n) is 4.25. The molecule has 242 valence electrons. The van der Waals surface area contributed by atoms with Gasteiger partial charge in [-0.1, -0.05) is 0 Å². The number of non-ortho nitro benzene ring substituents is 1. The van der Waals surface area contributed by atoms with E-state index in [1.54, 1.807) is 0 Å². The number of aliphatic hydroxyl groups is 1. The van der Waals surface area contributed by atoms with Crippen molar-refractivity contribution < 1.29 is 43.9 Å². The summed E-state index contributed by atoms with van der Waals surface area (Å²) < 4.78 is 0. The number of nitrogens with one attached hydrogen (secondary N) is 6. The van der Waals surface area contributed by atoms with Crippen LogP contribution in [-0.4, -0.2) is 101 Å². The number of hydrogen-bond donors (Lipinski definition) is 9. The van der Waals surface area contributed by atoms with Gasteiger partial charge < -0.3 is 47.8 Å². The Morgan fingerprint density at radius 2 is 1.89 bits per heavy atom. The molecular formula is C26H38N8O10. The first-order valence-electron chi connectivity index (χ1n) is 13.9. The van der Waals surface area contributed by atoms with E-state index in [-0.39, 0.29) is 37.1 Å². The van der Waals surface area contributed by atoms with E-state index in [0.717, 1.165) is 6.07 Å². The maximum Gasteiger partial charge on any atom is 0.322 e. The molecule has 18 heteroatoms. The number of nitrogens with zero attached hydrogens (tertiary/aromatic N) is 1. The number of fused-ring (bicyclic) bond motifs is 1. The van der Waals surface area contributed by atoms with Crippen LogP contribution in [0.25, 0.3) is 0 Å². The number of carbonyl (C=O) groups excluding carboxylic acids is 5. The first-order chi connectivity index (χ1) is 20.8. The van der Waals surface area contributed by atoms with Crippen LogP contribution in [0.1, 0.15) is 49.4 Å². The average Bonchev–Trinajstić information content (AvgIpc) is 2.97. The molecule has 1 unspecified atom stereocenters. The number of anilines is 1. The van der Waals surface area contributed by atoms with Gasteiger partial charge in [0.25, 0.3) is 11.6 Å². The summed E-state index contributed by atoms with van der Waals surface area (Å²) in [5, 5.41) is 45.2. The maximum absolute atomic E-state index is 13.3. The fourth-order valence-corrected chi connectivity index (χ4v) is 4.25. The first kappa shape index (κ1) is 35.4. The molecule has 2 rings (SSSR count). The predicted octanol–water partition coefficient (Wildman–Crippen LogP) is -2.30. The molecule has 1 aliphatic heterocycles. The number of aliphatic carboxylic acids is 1. The van der Waals surface area contributed by atoms with Crippen LogP contribution < -0.4 is 37.6 Å². The second-order valence-corrected chi connectivity index (χ2v) is 10.0. The molecule has 0 saturated carbocycles. The lowest BCUT2D eigenvalue weighted by Gasteiger charge is -2.23. The van der Waals surface area contributed by atoms with Gasteiger partial charge in [0.15, 0.2) is 0 Å². The van der Waals surface area contributed by atoms with E-state index in [1.807, 2.05) is 0 Å². The molecule has 18 nitrogen and oxygen atoms in total. The number of amides is 5. The Balaban J connectivity index is 2.32. The lowest BCUT2D eigenvalue weighted by Crippen LogP contribution is -2.56. The van der Waals surface area contributed by atoms with E-state index < -0.39 is 83.4 Å². The molecule has 1 aromatic carbocycles. The molecule has 0 radical (unpaired) electrons. The van der Waals surface area contributed by atoms with Crippen LogP contribution in [0.5, 0.6) is 0 Å². The van der Waals surface area contributed by atoms with Crippen molar-refractivity contribution in [2.75, 3.05) is 31.5 Å². The molecule has 1 heterocycles. The van der Waals surface area contributed by atoms with Crippen LogP contribution in [0.4, 0.5) is 11.4 Å². The SMILES string of the molecule is CC(O)[C@@H]1NC(=O)c2cc([N+](=O)[O-])ccc2NCCC[C@@H](C(=O)N[C@@H](CCCCN)C(=O)NCC(=O)O)NC(=O)CNC1=O. The number of nitrogens with two attached hydrogens (primary N) is 1. The minimum Gasteiger partial charge on any atom is -0.480 e. The van der Waals surface area contributed by atoms with Crippen molar-refractivity contribution in [3.05, 3.63) is 33.9 Å². The summed E-state index contributed by atoms with van der Waals surface area (Å²) >= 11 is 0. The van der Waals surface area contributed by atoms with E-state index in [0.29, 0.717) is 19.4 Å². The van der Waals surface area contributed by atoms with Gasteiger partial charge in [-0.3, -0.25) is 38.9 Å². The third-order valence-corrected chi connectivity index (χ3v) is 6.56. The molecular weight excluding hydrogens is 584 g/mol. The molecule has 0 spiro atoms.